The fourth-order valence-electron chi connectivity index (χ4n) is 5.10. The maximum atomic E-state index is 2.45. The summed E-state index contributed by atoms with van der Waals surface area (Å²) in [6.07, 6.45) is 0. The van der Waals surface area contributed by atoms with E-state index in [4.69, 9.17) is 0 Å². The van der Waals surface area contributed by atoms with Crippen LogP contribution in [0.2, 0.25) is 0 Å². The molecule has 5 aromatic carbocycles. The Hall–Kier alpha value is -3.84. The first-order chi connectivity index (χ1) is 14.4. The second kappa shape index (κ2) is 5.36. The number of rotatable bonds is 1. The van der Waals surface area contributed by atoms with Crippen molar-refractivity contribution in [3.05, 3.63) is 103 Å². The molecule has 0 bridgehead atoms. The number of hydrogen-bond donors (Lipinski definition) is 0. The maximum Gasteiger partial charge on any atom is 0.0626 e. The Bertz CT molecular complexity index is 1590. The van der Waals surface area contributed by atoms with Crippen LogP contribution in [0.1, 0.15) is 0 Å². The molecule has 7 rings (SSSR count). The molecule has 1 heterocycles. The third-order valence-electron chi connectivity index (χ3n) is 6.30. The van der Waals surface area contributed by atoms with E-state index in [9.17, 15) is 0 Å². The third-order valence-corrected chi connectivity index (χ3v) is 6.30. The minimum Gasteiger partial charge on any atom is -0.309 e. The van der Waals surface area contributed by atoms with Crippen LogP contribution in [-0.2, 0) is 0 Å². The predicted molar refractivity (Wildman–Crippen MR) is 123 cm³/mol. The van der Waals surface area contributed by atoms with Gasteiger partial charge in [-0.15, -0.1) is 0 Å². The topological polar surface area (TPSA) is 4.93 Å². The van der Waals surface area contributed by atoms with Gasteiger partial charge < -0.3 is 4.57 Å². The summed E-state index contributed by atoms with van der Waals surface area (Å²) >= 11 is 0. The van der Waals surface area contributed by atoms with E-state index in [2.05, 4.69) is 108 Å². The Kier molecular flexibility index (Phi) is 2.80. The summed E-state index contributed by atoms with van der Waals surface area (Å²) in [7, 11) is 0. The van der Waals surface area contributed by atoms with Crippen molar-refractivity contribution in [1.29, 1.82) is 0 Å². The fraction of sp³-hybridized carbons (Fsp3) is 0. The zero-order chi connectivity index (χ0) is 18.9. The normalized spacial score (nSPS) is 12.1. The molecule has 0 amide bonds. The van der Waals surface area contributed by atoms with Gasteiger partial charge in [0.2, 0.25) is 0 Å². The van der Waals surface area contributed by atoms with Crippen molar-refractivity contribution in [3.8, 4) is 28.1 Å². The van der Waals surface area contributed by atoms with E-state index in [0.717, 1.165) is 0 Å². The van der Waals surface area contributed by atoms with Gasteiger partial charge in [0.05, 0.1) is 11.2 Å². The molecule has 0 saturated heterocycles. The molecule has 1 aliphatic carbocycles. The molecule has 0 spiro atoms. The molecule has 0 radical (unpaired) electrons. The van der Waals surface area contributed by atoms with Crippen molar-refractivity contribution in [2.24, 2.45) is 0 Å². The molecule has 0 saturated carbocycles. The molecular formula is C28H17N. The van der Waals surface area contributed by atoms with E-state index in [1.807, 2.05) is 0 Å². The number of nitrogens with zero attached hydrogens (tertiary/aromatic N) is 1. The molecule has 0 atom stereocenters. The van der Waals surface area contributed by atoms with Crippen LogP contribution in [0.25, 0.3) is 60.5 Å². The lowest BCUT2D eigenvalue weighted by molar-refractivity contribution is 1.15. The van der Waals surface area contributed by atoms with Crippen LogP contribution >= 0.6 is 0 Å². The summed E-state index contributed by atoms with van der Waals surface area (Å²) in [5.41, 5.74) is 7.83. The SMILES string of the molecule is c1ccc2cc(-n3c4c(c5ccccc53)-c3cccc5cccc-4c35)ccc2c1. The first-order valence-electron chi connectivity index (χ1n) is 10.1. The van der Waals surface area contributed by atoms with Crippen LogP contribution in [0.15, 0.2) is 103 Å². The predicted octanol–water partition coefficient (Wildman–Crippen LogP) is 7.58. The van der Waals surface area contributed by atoms with Crippen molar-refractivity contribution in [2.75, 3.05) is 0 Å². The average molecular weight is 367 g/mol. The molecule has 0 unspecified atom stereocenters. The quantitative estimate of drug-likeness (QED) is 0.282. The second-order valence-corrected chi connectivity index (χ2v) is 7.82. The van der Waals surface area contributed by atoms with Gasteiger partial charge in [-0.3, -0.25) is 0 Å². The molecule has 0 aliphatic heterocycles. The lowest BCUT2D eigenvalue weighted by Gasteiger charge is -2.12. The Morgan fingerprint density at radius 2 is 1.24 bits per heavy atom. The van der Waals surface area contributed by atoms with Gasteiger partial charge in [0.15, 0.2) is 0 Å². The number of benzene rings is 5. The van der Waals surface area contributed by atoms with Crippen LogP contribution in [0.4, 0.5) is 0 Å². The number of aromatic nitrogens is 1. The van der Waals surface area contributed by atoms with Crippen molar-refractivity contribution >= 4 is 32.4 Å². The van der Waals surface area contributed by atoms with Gasteiger partial charge in [0, 0.05) is 22.2 Å². The van der Waals surface area contributed by atoms with Gasteiger partial charge in [0.1, 0.15) is 0 Å². The van der Waals surface area contributed by atoms with E-state index < -0.39 is 0 Å². The van der Waals surface area contributed by atoms with Crippen LogP contribution in [0.5, 0.6) is 0 Å². The largest absolute Gasteiger partial charge is 0.309 e. The second-order valence-electron chi connectivity index (χ2n) is 7.82. The lowest BCUT2D eigenvalue weighted by atomic mass is 10.0. The Morgan fingerprint density at radius 1 is 0.517 bits per heavy atom. The van der Waals surface area contributed by atoms with Gasteiger partial charge in [-0.25, -0.2) is 0 Å². The van der Waals surface area contributed by atoms with E-state index >= 15 is 0 Å². The summed E-state index contributed by atoms with van der Waals surface area (Å²) in [6.45, 7) is 0. The van der Waals surface area contributed by atoms with Crippen LogP contribution in [0.3, 0.4) is 0 Å². The molecular weight excluding hydrogens is 350 g/mol. The smallest absolute Gasteiger partial charge is 0.0626 e. The summed E-state index contributed by atoms with van der Waals surface area (Å²) in [4.78, 5) is 0. The number of fused-ring (bicyclic) bond motifs is 6. The molecule has 6 aromatic rings. The van der Waals surface area contributed by atoms with E-state index in [1.165, 1.54) is 60.5 Å². The number of para-hydroxylation sites is 1. The van der Waals surface area contributed by atoms with Gasteiger partial charge in [-0.2, -0.15) is 0 Å². The maximum absolute atomic E-state index is 2.45. The van der Waals surface area contributed by atoms with E-state index in [0.29, 0.717) is 0 Å². The molecule has 1 heteroatoms. The van der Waals surface area contributed by atoms with Crippen LogP contribution < -0.4 is 0 Å². The van der Waals surface area contributed by atoms with E-state index in [-0.39, 0.29) is 0 Å². The van der Waals surface area contributed by atoms with Gasteiger partial charge >= 0.3 is 0 Å². The first kappa shape index (κ1) is 15.1. The highest BCUT2D eigenvalue weighted by atomic mass is 15.0. The standard InChI is InChI=1S/C28H17N/c1-2-8-20-17-21(16-15-18(20)7-1)29-25-14-4-3-11-22(25)27-23-12-5-9-19-10-6-13-24(26(19)23)28(27)29/h1-17H. The molecule has 29 heavy (non-hydrogen) atoms. The highest BCUT2D eigenvalue weighted by molar-refractivity contribution is 6.21. The van der Waals surface area contributed by atoms with Gasteiger partial charge in [0.25, 0.3) is 0 Å². The molecule has 1 nitrogen and oxygen atoms in total. The average Bonchev–Trinajstić information content (AvgIpc) is 3.29. The first-order valence-corrected chi connectivity index (χ1v) is 10.1. The molecule has 0 fully saturated rings. The Morgan fingerprint density at radius 3 is 2.14 bits per heavy atom. The summed E-state index contributed by atoms with van der Waals surface area (Å²) in [6, 6.07) is 37.5. The monoisotopic (exact) mass is 367 g/mol. The van der Waals surface area contributed by atoms with Crippen molar-refractivity contribution in [1.82, 2.24) is 4.57 Å². The van der Waals surface area contributed by atoms with E-state index in [1.54, 1.807) is 0 Å². The third kappa shape index (κ3) is 1.89. The van der Waals surface area contributed by atoms with Crippen LogP contribution in [0, 0.1) is 0 Å². The fourth-order valence-corrected chi connectivity index (χ4v) is 5.10. The summed E-state index contributed by atoms with van der Waals surface area (Å²) < 4.78 is 2.45. The highest BCUT2D eigenvalue weighted by Crippen LogP contribution is 2.52. The minimum absolute atomic E-state index is 1.21. The summed E-state index contributed by atoms with van der Waals surface area (Å²) in [5.74, 6) is 0. The zero-order valence-corrected chi connectivity index (χ0v) is 15.8. The zero-order valence-electron chi connectivity index (χ0n) is 15.8. The molecule has 1 aliphatic rings. The van der Waals surface area contributed by atoms with Crippen molar-refractivity contribution < 1.29 is 0 Å². The van der Waals surface area contributed by atoms with Gasteiger partial charge in [-0.1, -0.05) is 84.9 Å². The Labute approximate surface area is 168 Å². The molecule has 0 N–H and O–H groups in total. The van der Waals surface area contributed by atoms with Crippen molar-refractivity contribution in [2.45, 2.75) is 0 Å². The molecule has 134 valence electrons. The minimum atomic E-state index is 1.21. The molecule has 1 aromatic heterocycles. The van der Waals surface area contributed by atoms with Gasteiger partial charge in [-0.05, 0) is 45.3 Å². The highest BCUT2D eigenvalue weighted by Gasteiger charge is 2.28. The van der Waals surface area contributed by atoms with Crippen LogP contribution in [-0.4, -0.2) is 4.57 Å². The summed E-state index contributed by atoms with van der Waals surface area (Å²) in [5, 5.41) is 6.55. The Balaban J connectivity index is 1.67. The number of hydrogen-bond acceptors (Lipinski definition) is 0. The van der Waals surface area contributed by atoms with Crippen molar-refractivity contribution in [3.63, 3.8) is 0 Å². The lowest BCUT2D eigenvalue weighted by Crippen LogP contribution is -1.96.